The maximum absolute atomic E-state index is 14.4. The van der Waals surface area contributed by atoms with Crippen molar-refractivity contribution < 1.29 is 154 Å². The summed E-state index contributed by atoms with van der Waals surface area (Å²) in [5.74, 6) is -15.5. The lowest BCUT2D eigenvalue weighted by Crippen LogP contribution is -2.59. The Labute approximate surface area is 525 Å². The molecule has 0 heterocycles. The third-order valence-electron chi connectivity index (χ3n) is 13.6. The molecule has 40 heteroatoms. The molecule has 0 aromatic rings. The summed E-state index contributed by atoms with van der Waals surface area (Å²) < 4.78 is 4.64. The first-order chi connectivity index (χ1) is 43.0. The Kier molecular flexibility index (Phi) is 41.1. The van der Waals surface area contributed by atoms with E-state index in [0.717, 1.165) is 7.11 Å². The van der Waals surface area contributed by atoms with Gasteiger partial charge < -0.3 is 145 Å². The van der Waals surface area contributed by atoms with E-state index in [1.807, 2.05) is 0 Å². The third-order valence-corrected chi connectivity index (χ3v) is 13.6. The number of carboxylic acid groups (broad SMARTS) is 3. The number of aliphatic hydroxyl groups excluding tert-OH is 15. The summed E-state index contributed by atoms with van der Waals surface area (Å²) >= 11 is 0. The van der Waals surface area contributed by atoms with Gasteiger partial charge in [-0.3, -0.25) is 52.7 Å². The number of hydrogen-bond acceptors (Lipinski definition) is 29. The Morgan fingerprint density at radius 3 is 0.783 bits per heavy atom. The highest BCUT2D eigenvalue weighted by Crippen LogP contribution is 2.13. The van der Waals surface area contributed by atoms with Gasteiger partial charge in [-0.2, -0.15) is 0 Å². The van der Waals surface area contributed by atoms with Crippen LogP contribution < -0.4 is 47.9 Å². The summed E-state index contributed by atoms with van der Waals surface area (Å²) in [5.41, 5.74) is 0. The number of hydrogen-bond donors (Lipinski definition) is 27. The number of carboxylic acids is 3. The monoisotopic (exact) mass is 1340 g/mol. The molecule has 0 saturated heterocycles. The molecule has 0 radical (unpaired) electrons. The van der Waals surface area contributed by atoms with E-state index in [0.29, 0.717) is 0 Å². The summed E-state index contributed by atoms with van der Waals surface area (Å²) in [6.07, 6.45) is -33.3. The van der Waals surface area contributed by atoms with Crippen LogP contribution in [0, 0.1) is 0 Å². The van der Waals surface area contributed by atoms with Gasteiger partial charge in [-0.05, 0) is 38.5 Å². The zero-order valence-corrected chi connectivity index (χ0v) is 50.6. The van der Waals surface area contributed by atoms with E-state index < -0.39 is 303 Å². The van der Waals surface area contributed by atoms with Gasteiger partial charge in [-0.1, -0.05) is 13.8 Å². The Bertz CT molecular complexity index is 2360. The topological polar surface area (TPSA) is 686 Å². The average Bonchev–Trinajstić information content (AvgIpc) is 1.75. The molecule has 0 aromatic heterocycles. The predicted molar refractivity (Wildman–Crippen MR) is 304 cm³/mol. The van der Waals surface area contributed by atoms with Crippen LogP contribution in [0.25, 0.3) is 0 Å². The molecule has 18 atom stereocenters. The Morgan fingerprint density at radius 1 is 0.326 bits per heavy atom. The number of ether oxygens (including phenoxy) is 1. The summed E-state index contributed by atoms with van der Waals surface area (Å²) in [4.78, 5) is 158. The predicted octanol–water partition coefficient (Wildman–Crippen LogP) is -13.5. The molecule has 0 fully saturated rings. The fourth-order valence-corrected chi connectivity index (χ4v) is 8.12. The number of amides is 8. The van der Waals surface area contributed by atoms with Crippen molar-refractivity contribution in [2.75, 3.05) is 46.6 Å². The van der Waals surface area contributed by atoms with Crippen molar-refractivity contribution in [3.8, 4) is 0 Å². The van der Waals surface area contributed by atoms with Crippen LogP contribution >= 0.6 is 0 Å². The van der Waals surface area contributed by atoms with E-state index in [1.165, 1.54) is 0 Å². The van der Waals surface area contributed by atoms with Crippen LogP contribution in [0.5, 0.6) is 0 Å². The van der Waals surface area contributed by atoms with Crippen LogP contribution in [0.15, 0.2) is 0 Å². The van der Waals surface area contributed by atoms with Gasteiger partial charge >= 0.3 is 23.9 Å². The standard InChI is InChI=1S/C52H91N9O31/c1-22(2)56-23(4-10-35(71)53-16-29(65)41(80)44(83)32(68)19-62)47(86)59-26(7-13-38(74)75)49(88)57-24(5-11-36(72)54-17-30(66)42(81)45(84)33(69)20-63)48(87)60-27(8-14-39(76)77)50(89)58-25(51(90)61-28(52(91)92-3)9-15-40(78)79)6-12-37(73)55-18-31(67)43(82)46(85)34(70)21-64/h22-34,41-46,56,62-70,80-85H,4-21H2,1-3H3,(H,53,71)(H,54,72)(H,55,73)(H,57,88)(H,58,89)(H,59,86)(H,60,87)(H,61,90)(H,74,75)(H,76,77)(H,78,79)/t23-,24-,25-,26+,27+,28+,29-,30-,31-,32+,33+,34+,41+,42+,43+,44+,45+,46+/m0/s1. The quantitative estimate of drug-likeness (QED) is 0.0252. The van der Waals surface area contributed by atoms with E-state index in [2.05, 4.69) is 52.6 Å². The summed E-state index contributed by atoms with van der Waals surface area (Å²) in [5, 5.41) is 196. The molecule has 0 aliphatic rings. The summed E-state index contributed by atoms with van der Waals surface area (Å²) in [7, 11) is 0.869. The highest BCUT2D eigenvalue weighted by atomic mass is 16.5. The molecule has 92 heavy (non-hydrogen) atoms. The van der Waals surface area contributed by atoms with E-state index in [-0.39, 0.29) is 0 Å². The molecular weight excluding hydrogens is 1250 g/mol. The largest absolute Gasteiger partial charge is 0.481 e. The van der Waals surface area contributed by atoms with Gasteiger partial charge in [-0.15, -0.1) is 0 Å². The zero-order valence-electron chi connectivity index (χ0n) is 50.6. The molecule has 530 valence electrons. The molecule has 0 aromatic carbocycles. The number of methoxy groups -OCH3 is 1. The van der Waals surface area contributed by atoms with Gasteiger partial charge in [0.25, 0.3) is 0 Å². The molecule has 0 unspecified atom stereocenters. The fourth-order valence-electron chi connectivity index (χ4n) is 8.12. The number of carbonyl (C=O) groups excluding carboxylic acids is 9. The lowest BCUT2D eigenvalue weighted by atomic mass is 10.0. The van der Waals surface area contributed by atoms with E-state index in [9.17, 15) is 134 Å². The maximum atomic E-state index is 14.4. The minimum absolute atomic E-state index is 0.396. The normalized spacial score (nSPS) is 17.4. The van der Waals surface area contributed by atoms with Gasteiger partial charge in [0.05, 0.1) is 51.3 Å². The second kappa shape index (κ2) is 44.5. The molecule has 0 saturated carbocycles. The van der Waals surface area contributed by atoms with Gasteiger partial charge in [0.1, 0.15) is 85.1 Å². The number of carbonyl (C=O) groups is 12. The van der Waals surface area contributed by atoms with Crippen molar-refractivity contribution in [1.29, 1.82) is 0 Å². The Balaban J connectivity index is 7.38. The minimum Gasteiger partial charge on any atom is -0.481 e. The molecule has 27 N–H and O–H groups in total. The van der Waals surface area contributed by atoms with Crippen molar-refractivity contribution in [3.05, 3.63) is 0 Å². The second-order valence-electron chi connectivity index (χ2n) is 21.4. The second-order valence-corrected chi connectivity index (χ2v) is 21.4. The van der Waals surface area contributed by atoms with Crippen LogP contribution in [0.4, 0.5) is 0 Å². The first-order valence-electron chi connectivity index (χ1n) is 28.8. The first kappa shape index (κ1) is 85.0. The van der Waals surface area contributed by atoms with Crippen LogP contribution in [-0.4, -0.2) is 325 Å². The van der Waals surface area contributed by atoms with Gasteiger partial charge in [0.15, 0.2) is 0 Å². The Hall–Kier alpha value is -7.00. The molecule has 0 rings (SSSR count). The number of aliphatic hydroxyl groups is 15. The van der Waals surface area contributed by atoms with Crippen LogP contribution in [-0.2, 0) is 62.3 Å². The molecule has 0 spiro atoms. The third kappa shape index (κ3) is 33.0. The lowest BCUT2D eigenvalue weighted by Gasteiger charge is -2.28. The van der Waals surface area contributed by atoms with E-state index in [1.54, 1.807) is 13.8 Å². The molecule has 0 bridgehead atoms. The minimum atomic E-state index is -2.17. The van der Waals surface area contributed by atoms with Crippen molar-refractivity contribution in [2.45, 2.75) is 206 Å². The number of esters is 1. The number of rotatable bonds is 49. The van der Waals surface area contributed by atoms with Crippen molar-refractivity contribution in [2.24, 2.45) is 0 Å². The molecule has 40 nitrogen and oxygen atoms in total. The first-order valence-corrected chi connectivity index (χ1v) is 28.8. The smallest absolute Gasteiger partial charge is 0.328 e. The molecule has 0 aliphatic carbocycles. The highest BCUT2D eigenvalue weighted by Gasteiger charge is 2.37. The summed E-state index contributed by atoms with van der Waals surface area (Å²) in [6.45, 7) is -2.40. The molecule has 8 amide bonds. The number of nitrogens with one attached hydrogen (secondary N) is 9. The highest BCUT2D eigenvalue weighted by molar-refractivity contribution is 5.97. The summed E-state index contributed by atoms with van der Waals surface area (Å²) in [6, 6.07) is -11.8. The molecule has 0 aliphatic heterocycles. The van der Waals surface area contributed by atoms with Crippen LogP contribution in [0.1, 0.15) is 90.9 Å². The average molecular weight is 1340 g/mol. The van der Waals surface area contributed by atoms with Gasteiger partial charge in [-0.25, -0.2) is 4.79 Å². The molecular formula is C52H91N9O31. The van der Waals surface area contributed by atoms with Crippen molar-refractivity contribution in [1.82, 2.24) is 47.9 Å². The fraction of sp³-hybridized carbons (Fsp3) is 0.769. The lowest BCUT2D eigenvalue weighted by molar-refractivity contribution is -0.146. The van der Waals surface area contributed by atoms with Gasteiger partial charge in [0.2, 0.25) is 47.3 Å². The van der Waals surface area contributed by atoms with Crippen LogP contribution in [0.3, 0.4) is 0 Å². The SMILES string of the molecule is COC(=O)[C@@H](CCC(=O)O)NC(=O)[C@H](CCC(=O)NC[C@H](O)[C@@H](O)[C@H](O)[C@H](O)CO)NC(=O)[C@@H](CCC(=O)O)NC(=O)[C@H](CCC(=O)NC[C@H](O)[C@@H](O)[C@H](O)[C@H](O)CO)NC(=O)[C@@H](CCC(=O)O)NC(=O)[C@H](CCC(=O)NC[C@H](O)[C@@H](O)[C@H](O)[C@H](O)CO)NC(C)C. The van der Waals surface area contributed by atoms with Gasteiger partial charge in [0, 0.05) is 64.2 Å². The Morgan fingerprint density at radius 2 is 0.543 bits per heavy atom. The van der Waals surface area contributed by atoms with Crippen LogP contribution in [0.2, 0.25) is 0 Å². The maximum Gasteiger partial charge on any atom is 0.328 e. The van der Waals surface area contributed by atoms with E-state index in [4.69, 9.17) is 15.3 Å². The number of aliphatic carboxylic acids is 3. The van der Waals surface area contributed by atoms with Crippen molar-refractivity contribution >= 4 is 71.1 Å². The van der Waals surface area contributed by atoms with E-state index >= 15 is 0 Å². The van der Waals surface area contributed by atoms with Crippen molar-refractivity contribution in [3.63, 3.8) is 0 Å². The zero-order chi connectivity index (χ0) is 70.7.